The van der Waals surface area contributed by atoms with E-state index < -0.39 is 0 Å². The summed E-state index contributed by atoms with van der Waals surface area (Å²) in [6, 6.07) is 14.6. The highest BCUT2D eigenvalue weighted by atomic mass is 79.9. The molecule has 0 aliphatic carbocycles. The summed E-state index contributed by atoms with van der Waals surface area (Å²) in [4.78, 5) is 4.53. The highest BCUT2D eigenvalue weighted by molar-refractivity contribution is 9.10. The van der Waals surface area contributed by atoms with Crippen LogP contribution in [0.5, 0.6) is 0 Å². The number of rotatable bonds is 3. The van der Waals surface area contributed by atoms with Crippen LogP contribution in [0.4, 0.5) is 0 Å². The minimum absolute atomic E-state index is 0.494. The minimum Gasteiger partial charge on any atom is -0.300 e. The predicted molar refractivity (Wildman–Crippen MR) is 98.5 cm³/mol. The maximum atomic E-state index is 4.53. The molecule has 3 rings (SSSR count). The van der Waals surface area contributed by atoms with Crippen LogP contribution in [-0.2, 0) is 0 Å². The third kappa shape index (κ3) is 2.90. The SMILES string of the molecule is CC(C)c1ccc(-n2ccnc2-c2ccccc2Br)cc1Br. The number of imidazole rings is 1. The maximum Gasteiger partial charge on any atom is 0.145 e. The Bertz CT molecular complexity index is 806. The third-order valence-corrected chi connectivity index (χ3v) is 5.02. The zero-order valence-electron chi connectivity index (χ0n) is 12.4. The lowest BCUT2D eigenvalue weighted by atomic mass is 10.0. The number of benzene rings is 2. The van der Waals surface area contributed by atoms with Gasteiger partial charge in [0.15, 0.2) is 0 Å². The topological polar surface area (TPSA) is 17.8 Å². The van der Waals surface area contributed by atoms with Gasteiger partial charge in [0.25, 0.3) is 0 Å². The molecule has 0 spiro atoms. The Morgan fingerprint density at radius 3 is 2.45 bits per heavy atom. The first-order valence-corrected chi connectivity index (χ1v) is 8.74. The second-order valence-electron chi connectivity index (χ2n) is 5.46. The lowest BCUT2D eigenvalue weighted by Gasteiger charge is -2.13. The second-order valence-corrected chi connectivity index (χ2v) is 7.17. The van der Waals surface area contributed by atoms with E-state index in [-0.39, 0.29) is 0 Å². The largest absolute Gasteiger partial charge is 0.300 e. The molecule has 0 unspecified atom stereocenters. The predicted octanol–water partition coefficient (Wildman–Crippen LogP) is 6.19. The van der Waals surface area contributed by atoms with E-state index in [1.54, 1.807) is 0 Å². The van der Waals surface area contributed by atoms with Crippen molar-refractivity contribution in [3.05, 3.63) is 69.4 Å². The molecule has 2 nitrogen and oxygen atoms in total. The molecular formula is C18H16Br2N2. The van der Waals surface area contributed by atoms with E-state index in [1.165, 1.54) is 5.56 Å². The zero-order chi connectivity index (χ0) is 15.7. The average molecular weight is 420 g/mol. The van der Waals surface area contributed by atoms with Gasteiger partial charge < -0.3 is 0 Å². The molecule has 0 saturated carbocycles. The van der Waals surface area contributed by atoms with E-state index in [0.29, 0.717) is 5.92 Å². The van der Waals surface area contributed by atoms with Crippen molar-refractivity contribution < 1.29 is 0 Å². The van der Waals surface area contributed by atoms with Gasteiger partial charge in [-0.1, -0.05) is 70.0 Å². The van der Waals surface area contributed by atoms with E-state index in [0.717, 1.165) is 26.0 Å². The monoisotopic (exact) mass is 418 g/mol. The van der Waals surface area contributed by atoms with Gasteiger partial charge in [0.05, 0.1) is 0 Å². The van der Waals surface area contributed by atoms with Gasteiger partial charge in [-0.05, 0) is 29.7 Å². The minimum atomic E-state index is 0.494. The van der Waals surface area contributed by atoms with Crippen molar-refractivity contribution in [1.82, 2.24) is 9.55 Å². The van der Waals surface area contributed by atoms with E-state index in [2.05, 4.69) is 79.5 Å². The normalized spacial score (nSPS) is 11.1. The van der Waals surface area contributed by atoms with Crippen molar-refractivity contribution in [3.8, 4) is 17.1 Å². The van der Waals surface area contributed by atoms with Crippen molar-refractivity contribution in [3.63, 3.8) is 0 Å². The highest BCUT2D eigenvalue weighted by Gasteiger charge is 2.12. The fourth-order valence-electron chi connectivity index (χ4n) is 2.49. The lowest BCUT2D eigenvalue weighted by molar-refractivity contribution is 0.859. The maximum absolute atomic E-state index is 4.53. The van der Waals surface area contributed by atoms with Crippen LogP contribution in [0, 0.1) is 0 Å². The Hall–Kier alpha value is -1.39. The standard InChI is InChI=1S/C18H16Br2N2/c1-12(2)14-8-7-13(11-17(14)20)22-10-9-21-18(22)15-5-3-4-6-16(15)19/h3-12H,1-2H3. The first kappa shape index (κ1) is 15.5. The Labute approximate surface area is 147 Å². The van der Waals surface area contributed by atoms with Crippen LogP contribution in [0.15, 0.2) is 63.8 Å². The summed E-state index contributed by atoms with van der Waals surface area (Å²) in [5, 5.41) is 0. The van der Waals surface area contributed by atoms with Gasteiger partial charge in [-0.2, -0.15) is 0 Å². The van der Waals surface area contributed by atoms with Gasteiger partial charge in [0.2, 0.25) is 0 Å². The first-order chi connectivity index (χ1) is 10.6. The van der Waals surface area contributed by atoms with Gasteiger partial charge in [-0.25, -0.2) is 4.98 Å². The number of aromatic nitrogens is 2. The summed E-state index contributed by atoms with van der Waals surface area (Å²) in [7, 11) is 0. The number of hydrogen-bond donors (Lipinski definition) is 0. The van der Waals surface area contributed by atoms with E-state index in [4.69, 9.17) is 0 Å². The third-order valence-electron chi connectivity index (χ3n) is 3.64. The van der Waals surface area contributed by atoms with Crippen LogP contribution in [0.3, 0.4) is 0 Å². The molecule has 0 bridgehead atoms. The van der Waals surface area contributed by atoms with Crippen molar-refractivity contribution in [2.75, 3.05) is 0 Å². The van der Waals surface area contributed by atoms with E-state index >= 15 is 0 Å². The molecule has 0 fully saturated rings. The van der Waals surface area contributed by atoms with Crippen LogP contribution < -0.4 is 0 Å². The van der Waals surface area contributed by atoms with E-state index in [9.17, 15) is 0 Å². The Balaban J connectivity index is 2.10. The number of halogens is 2. The summed E-state index contributed by atoms with van der Waals surface area (Å²) in [6.07, 6.45) is 3.82. The molecule has 0 aliphatic heterocycles. The van der Waals surface area contributed by atoms with Gasteiger partial charge >= 0.3 is 0 Å². The molecule has 4 heteroatoms. The van der Waals surface area contributed by atoms with Crippen molar-refractivity contribution in [1.29, 1.82) is 0 Å². The molecule has 0 atom stereocenters. The molecular weight excluding hydrogens is 404 g/mol. The van der Waals surface area contributed by atoms with Crippen LogP contribution in [-0.4, -0.2) is 9.55 Å². The van der Waals surface area contributed by atoms with Gasteiger partial charge in [0, 0.05) is 32.6 Å². The fraction of sp³-hybridized carbons (Fsp3) is 0.167. The van der Waals surface area contributed by atoms with Crippen molar-refractivity contribution in [2.24, 2.45) is 0 Å². The van der Waals surface area contributed by atoms with Crippen LogP contribution in [0.2, 0.25) is 0 Å². The molecule has 0 aliphatic rings. The fourth-order valence-corrected chi connectivity index (χ4v) is 3.77. The van der Waals surface area contributed by atoms with Crippen molar-refractivity contribution >= 4 is 31.9 Å². The summed E-state index contributed by atoms with van der Waals surface area (Å²) >= 11 is 7.29. The average Bonchev–Trinajstić information content (AvgIpc) is 2.96. The van der Waals surface area contributed by atoms with Crippen LogP contribution >= 0.6 is 31.9 Å². The molecule has 112 valence electrons. The quantitative estimate of drug-likeness (QED) is 0.494. The Kier molecular flexibility index (Phi) is 4.50. The molecule has 0 N–H and O–H groups in total. The summed E-state index contributed by atoms with van der Waals surface area (Å²) in [5.41, 5.74) is 3.49. The molecule has 0 radical (unpaired) electrons. The number of nitrogens with zero attached hydrogens (tertiary/aromatic N) is 2. The zero-order valence-corrected chi connectivity index (χ0v) is 15.6. The molecule has 22 heavy (non-hydrogen) atoms. The molecule has 0 amide bonds. The van der Waals surface area contributed by atoms with Crippen LogP contribution in [0.1, 0.15) is 25.3 Å². The lowest BCUT2D eigenvalue weighted by Crippen LogP contribution is -1.98. The molecule has 1 aromatic heterocycles. The van der Waals surface area contributed by atoms with Crippen LogP contribution in [0.25, 0.3) is 17.1 Å². The molecule has 0 saturated heterocycles. The van der Waals surface area contributed by atoms with Gasteiger partial charge in [0.1, 0.15) is 5.82 Å². The van der Waals surface area contributed by atoms with Crippen molar-refractivity contribution in [2.45, 2.75) is 19.8 Å². The Morgan fingerprint density at radius 2 is 1.77 bits per heavy atom. The Morgan fingerprint density at radius 1 is 1.00 bits per heavy atom. The summed E-state index contributed by atoms with van der Waals surface area (Å²) in [6.45, 7) is 4.40. The summed E-state index contributed by atoms with van der Waals surface area (Å²) in [5.74, 6) is 1.42. The smallest absolute Gasteiger partial charge is 0.145 e. The molecule has 3 aromatic rings. The van der Waals surface area contributed by atoms with E-state index in [1.807, 2.05) is 30.6 Å². The summed E-state index contributed by atoms with van der Waals surface area (Å²) < 4.78 is 4.28. The molecule has 2 aromatic carbocycles. The van der Waals surface area contributed by atoms with Gasteiger partial charge in [-0.15, -0.1) is 0 Å². The van der Waals surface area contributed by atoms with Gasteiger partial charge in [-0.3, -0.25) is 4.57 Å². The molecule has 1 heterocycles. The highest BCUT2D eigenvalue weighted by Crippen LogP contribution is 2.31. The second kappa shape index (κ2) is 6.39. The number of hydrogen-bond acceptors (Lipinski definition) is 1. The first-order valence-electron chi connectivity index (χ1n) is 7.16.